The molecule has 1 saturated heterocycles. The first-order chi connectivity index (χ1) is 9.57. The molecule has 0 radical (unpaired) electrons. The van der Waals surface area contributed by atoms with Crippen LogP contribution in [0.25, 0.3) is 0 Å². The average molecular weight is 313 g/mol. The van der Waals surface area contributed by atoms with Crippen LogP contribution in [0.5, 0.6) is 0 Å². The smallest absolute Gasteiger partial charge is 0.368 e. The first kappa shape index (κ1) is 16.1. The maximum Gasteiger partial charge on any atom is 0.416 e. The fourth-order valence-electron chi connectivity index (χ4n) is 2.16. The Kier molecular flexibility index (Phi) is 4.21. The summed E-state index contributed by atoms with van der Waals surface area (Å²) in [5.41, 5.74) is -2.78. The molecule has 1 N–H and O–H groups in total. The molecule has 0 aromatic heterocycles. The van der Waals surface area contributed by atoms with Crippen molar-refractivity contribution in [3.63, 3.8) is 0 Å². The minimum Gasteiger partial charge on any atom is -0.368 e. The van der Waals surface area contributed by atoms with Crippen molar-refractivity contribution in [2.45, 2.75) is 31.5 Å². The van der Waals surface area contributed by atoms with Crippen LogP contribution in [0.1, 0.15) is 29.7 Å². The van der Waals surface area contributed by atoms with Gasteiger partial charge in [-0.25, -0.2) is 0 Å². The normalized spacial score (nSPS) is 24.1. The van der Waals surface area contributed by atoms with Gasteiger partial charge in [0.2, 0.25) is 0 Å². The number of hydrogen-bond acceptors (Lipinski definition) is 2. The summed E-state index contributed by atoms with van der Waals surface area (Å²) < 4.78 is 81.9. The fraction of sp³-hybridized carbons (Fsp3) is 0.538. The van der Waals surface area contributed by atoms with Crippen molar-refractivity contribution in [1.82, 2.24) is 5.32 Å². The molecule has 1 aliphatic rings. The lowest BCUT2D eigenvalue weighted by atomic mass is 10.00. The van der Waals surface area contributed by atoms with E-state index in [2.05, 4.69) is 5.32 Å². The van der Waals surface area contributed by atoms with Crippen molar-refractivity contribution < 1.29 is 31.1 Å². The van der Waals surface area contributed by atoms with Gasteiger partial charge in [0.1, 0.15) is 0 Å². The van der Waals surface area contributed by atoms with Gasteiger partial charge < -0.3 is 10.1 Å². The van der Waals surface area contributed by atoms with Gasteiger partial charge in [0, 0.05) is 13.1 Å². The van der Waals surface area contributed by atoms with E-state index in [-0.39, 0.29) is 24.3 Å². The summed E-state index contributed by atoms with van der Waals surface area (Å²) in [7, 11) is 0. The number of hydrogen-bond donors (Lipinski definition) is 1. The van der Waals surface area contributed by atoms with Crippen molar-refractivity contribution in [2.24, 2.45) is 0 Å². The average Bonchev–Trinajstić information content (AvgIpc) is 2.36. The second kappa shape index (κ2) is 5.49. The molecular formula is C13H13F6NO. The summed E-state index contributed by atoms with van der Waals surface area (Å²) in [6.07, 6.45) is -10.8. The third-order valence-electron chi connectivity index (χ3n) is 3.14. The first-order valence-corrected chi connectivity index (χ1v) is 6.23. The van der Waals surface area contributed by atoms with Crippen LogP contribution < -0.4 is 5.32 Å². The Bertz CT molecular complexity index is 478. The van der Waals surface area contributed by atoms with Gasteiger partial charge in [-0.05, 0) is 30.7 Å². The Labute approximate surface area is 117 Å². The summed E-state index contributed by atoms with van der Waals surface area (Å²) in [6, 6.07) is 1.53. The SMILES string of the molecule is CC1CNCC(c2cc(C(F)(F)F)cc(C(F)(F)F)c2)O1. The predicted molar refractivity (Wildman–Crippen MR) is 62.6 cm³/mol. The van der Waals surface area contributed by atoms with Crippen LogP contribution in [0.15, 0.2) is 18.2 Å². The molecule has 8 heteroatoms. The molecular weight excluding hydrogens is 300 g/mol. The molecule has 2 atom stereocenters. The van der Waals surface area contributed by atoms with E-state index in [4.69, 9.17) is 4.74 Å². The zero-order chi connectivity index (χ0) is 15.8. The molecule has 1 aliphatic heterocycles. The Morgan fingerprint density at radius 1 is 0.952 bits per heavy atom. The van der Waals surface area contributed by atoms with Crippen LogP contribution in [0.4, 0.5) is 26.3 Å². The number of alkyl halides is 6. The summed E-state index contributed by atoms with van der Waals surface area (Å²) in [6.45, 7) is 2.36. The number of ether oxygens (including phenoxy) is 1. The minimum atomic E-state index is -4.84. The molecule has 21 heavy (non-hydrogen) atoms. The van der Waals surface area contributed by atoms with E-state index < -0.39 is 29.6 Å². The largest absolute Gasteiger partial charge is 0.416 e. The predicted octanol–water partition coefficient (Wildman–Crippen LogP) is 3.77. The quantitative estimate of drug-likeness (QED) is 0.797. The molecule has 118 valence electrons. The molecule has 0 saturated carbocycles. The minimum absolute atomic E-state index is 0.114. The lowest BCUT2D eigenvalue weighted by Gasteiger charge is -2.29. The maximum absolute atomic E-state index is 12.8. The monoisotopic (exact) mass is 313 g/mol. The molecule has 1 heterocycles. The molecule has 2 nitrogen and oxygen atoms in total. The van der Waals surface area contributed by atoms with Crippen molar-refractivity contribution in [1.29, 1.82) is 0 Å². The van der Waals surface area contributed by atoms with E-state index in [9.17, 15) is 26.3 Å². The van der Waals surface area contributed by atoms with Gasteiger partial charge in [-0.3, -0.25) is 0 Å². The number of nitrogens with one attached hydrogen (secondary N) is 1. The van der Waals surface area contributed by atoms with Crippen LogP contribution >= 0.6 is 0 Å². The highest BCUT2D eigenvalue weighted by Crippen LogP contribution is 2.38. The molecule has 1 aromatic rings. The van der Waals surface area contributed by atoms with Gasteiger partial charge in [-0.2, -0.15) is 26.3 Å². The summed E-state index contributed by atoms with van der Waals surface area (Å²) in [5.74, 6) is 0. The Balaban J connectivity index is 2.45. The second-order valence-corrected chi connectivity index (χ2v) is 4.93. The zero-order valence-electron chi connectivity index (χ0n) is 11.0. The highest BCUT2D eigenvalue weighted by atomic mass is 19.4. The highest BCUT2D eigenvalue weighted by Gasteiger charge is 2.38. The lowest BCUT2D eigenvalue weighted by Crippen LogP contribution is -2.39. The van der Waals surface area contributed by atoms with E-state index in [1.165, 1.54) is 0 Å². The van der Waals surface area contributed by atoms with Crippen molar-refractivity contribution in [3.05, 3.63) is 34.9 Å². The summed E-state index contributed by atoms with van der Waals surface area (Å²) in [5, 5.41) is 2.91. The maximum atomic E-state index is 12.8. The third-order valence-corrected chi connectivity index (χ3v) is 3.14. The van der Waals surface area contributed by atoms with E-state index in [1.807, 2.05) is 0 Å². The second-order valence-electron chi connectivity index (χ2n) is 4.93. The van der Waals surface area contributed by atoms with Crippen LogP contribution in [-0.2, 0) is 17.1 Å². The summed E-state index contributed by atoms with van der Waals surface area (Å²) in [4.78, 5) is 0. The van der Waals surface area contributed by atoms with Gasteiger partial charge in [-0.1, -0.05) is 0 Å². The van der Waals surface area contributed by atoms with Crippen molar-refractivity contribution >= 4 is 0 Å². The molecule has 0 amide bonds. The molecule has 0 spiro atoms. The Morgan fingerprint density at radius 3 is 1.90 bits per heavy atom. The van der Waals surface area contributed by atoms with Gasteiger partial charge in [0.25, 0.3) is 0 Å². The van der Waals surface area contributed by atoms with Crippen LogP contribution in [-0.4, -0.2) is 19.2 Å². The number of halogens is 6. The van der Waals surface area contributed by atoms with Crippen molar-refractivity contribution in [2.75, 3.05) is 13.1 Å². The summed E-state index contributed by atoms with van der Waals surface area (Å²) >= 11 is 0. The molecule has 2 unspecified atom stereocenters. The fourth-order valence-corrected chi connectivity index (χ4v) is 2.16. The standard InChI is InChI=1S/C13H13F6NO/c1-7-5-20-6-11(21-7)8-2-9(12(14,15)16)4-10(3-8)13(17,18)19/h2-4,7,11,20H,5-6H2,1H3. The van der Waals surface area contributed by atoms with E-state index in [0.717, 1.165) is 0 Å². The molecule has 1 fully saturated rings. The van der Waals surface area contributed by atoms with E-state index in [1.54, 1.807) is 6.92 Å². The number of benzene rings is 1. The topological polar surface area (TPSA) is 21.3 Å². The van der Waals surface area contributed by atoms with Gasteiger partial charge in [0.15, 0.2) is 0 Å². The van der Waals surface area contributed by atoms with Gasteiger partial charge in [-0.15, -0.1) is 0 Å². The van der Waals surface area contributed by atoms with E-state index in [0.29, 0.717) is 18.7 Å². The van der Waals surface area contributed by atoms with Gasteiger partial charge >= 0.3 is 12.4 Å². The Morgan fingerprint density at radius 2 is 1.48 bits per heavy atom. The zero-order valence-corrected chi connectivity index (χ0v) is 11.0. The number of morpholine rings is 1. The third kappa shape index (κ3) is 3.88. The number of rotatable bonds is 1. The van der Waals surface area contributed by atoms with Crippen LogP contribution in [0, 0.1) is 0 Å². The molecule has 0 aliphatic carbocycles. The molecule has 0 bridgehead atoms. The van der Waals surface area contributed by atoms with Crippen LogP contribution in [0.2, 0.25) is 0 Å². The van der Waals surface area contributed by atoms with E-state index >= 15 is 0 Å². The first-order valence-electron chi connectivity index (χ1n) is 6.23. The highest BCUT2D eigenvalue weighted by molar-refractivity contribution is 5.35. The Hall–Kier alpha value is -1.28. The lowest BCUT2D eigenvalue weighted by molar-refractivity contribution is -0.143. The van der Waals surface area contributed by atoms with Crippen molar-refractivity contribution in [3.8, 4) is 0 Å². The van der Waals surface area contributed by atoms with Crippen LogP contribution in [0.3, 0.4) is 0 Å². The molecule has 1 aromatic carbocycles. The van der Waals surface area contributed by atoms with Gasteiger partial charge in [0.05, 0.1) is 23.3 Å². The molecule has 2 rings (SSSR count).